The summed E-state index contributed by atoms with van der Waals surface area (Å²) in [4.78, 5) is 13.4. The Hall–Kier alpha value is -1.36. The summed E-state index contributed by atoms with van der Waals surface area (Å²) in [5.74, 6) is -0.264. The van der Waals surface area contributed by atoms with E-state index in [1.54, 1.807) is 12.1 Å². The monoisotopic (exact) mass is 474 g/mol. The predicted molar refractivity (Wildman–Crippen MR) is 136 cm³/mol. The molecule has 0 heterocycles. The number of benzene rings is 2. The quantitative estimate of drug-likeness (QED) is 0.306. The SMILES string of the molecule is C[Si](C)(C)O[Si](C)(CCCC(O)(C(=O)c1ccccc1)c1ccccc1)O[Si](C)(C)C. The number of carbonyl (C=O) groups is 1. The van der Waals surface area contributed by atoms with Crippen molar-refractivity contribution in [1.29, 1.82) is 0 Å². The second-order valence-electron chi connectivity index (χ2n) is 10.3. The molecule has 31 heavy (non-hydrogen) atoms. The molecule has 1 unspecified atom stereocenters. The van der Waals surface area contributed by atoms with Gasteiger partial charge in [0.25, 0.3) is 0 Å². The van der Waals surface area contributed by atoms with Crippen molar-refractivity contribution >= 4 is 31.0 Å². The van der Waals surface area contributed by atoms with Crippen molar-refractivity contribution in [2.45, 2.75) is 70.3 Å². The zero-order valence-corrected chi connectivity index (χ0v) is 23.1. The lowest BCUT2D eigenvalue weighted by Crippen LogP contribution is -2.52. The summed E-state index contributed by atoms with van der Waals surface area (Å²) >= 11 is 0. The first-order valence-electron chi connectivity index (χ1n) is 11.0. The van der Waals surface area contributed by atoms with Gasteiger partial charge >= 0.3 is 8.56 Å². The minimum atomic E-state index is -2.43. The van der Waals surface area contributed by atoms with E-state index in [1.807, 2.05) is 48.5 Å². The van der Waals surface area contributed by atoms with Crippen LogP contribution in [-0.4, -0.2) is 36.1 Å². The minimum absolute atomic E-state index is 0.264. The fourth-order valence-electron chi connectivity index (χ4n) is 4.01. The van der Waals surface area contributed by atoms with E-state index in [0.717, 1.165) is 6.04 Å². The van der Waals surface area contributed by atoms with Crippen LogP contribution in [0.4, 0.5) is 0 Å². The summed E-state index contributed by atoms with van der Waals surface area (Å²) in [7, 11) is -6.03. The van der Waals surface area contributed by atoms with Crippen molar-refractivity contribution in [3.8, 4) is 0 Å². The van der Waals surface area contributed by atoms with Crippen LogP contribution >= 0.6 is 0 Å². The fraction of sp³-hybridized carbons (Fsp3) is 0.458. The maximum atomic E-state index is 13.4. The highest BCUT2D eigenvalue weighted by molar-refractivity contribution is 6.87. The fourth-order valence-corrected chi connectivity index (χ4v) is 16.6. The molecular formula is C24H38O4Si3. The van der Waals surface area contributed by atoms with Gasteiger partial charge in [-0.05, 0) is 70.3 Å². The number of aliphatic hydroxyl groups is 1. The average molecular weight is 475 g/mol. The zero-order chi connectivity index (χ0) is 23.3. The van der Waals surface area contributed by atoms with E-state index in [0.29, 0.717) is 24.0 Å². The molecule has 0 bridgehead atoms. The van der Waals surface area contributed by atoms with Gasteiger partial charge in [-0.2, -0.15) is 0 Å². The Kier molecular flexibility index (Phi) is 8.40. The van der Waals surface area contributed by atoms with Crippen molar-refractivity contribution in [2.75, 3.05) is 0 Å². The first kappa shape index (κ1) is 25.9. The molecule has 2 rings (SSSR count). The van der Waals surface area contributed by atoms with Crippen LogP contribution in [0.25, 0.3) is 0 Å². The van der Waals surface area contributed by atoms with Crippen LogP contribution in [0.15, 0.2) is 60.7 Å². The van der Waals surface area contributed by atoms with Crippen LogP contribution in [-0.2, 0) is 13.8 Å². The van der Waals surface area contributed by atoms with Crippen molar-refractivity contribution in [2.24, 2.45) is 0 Å². The average Bonchev–Trinajstić information content (AvgIpc) is 2.65. The Labute approximate surface area is 191 Å². The molecule has 0 aliphatic carbocycles. The number of hydrogen-bond acceptors (Lipinski definition) is 4. The largest absolute Gasteiger partial charge is 0.437 e. The number of Topliss-reactive ketones (excluding diaryl/α,β-unsaturated/α-hetero) is 1. The standard InChI is InChI=1S/C24H38O4Si3/c1-29(2,3)27-31(7,28-30(4,5)6)20-14-19-24(26,22-17-12-9-13-18-22)23(25)21-15-10-8-11-16-21/h8-13,15-18,26H,14,19-20H2,1-7H3. The maximum absolute atomic E-state index is 13.4. The summed E-state index contributed by atoms with van der Waals surface area (Å²) in [6.45, 7) is 15.3. The van der Waals surface area contributed by atoms with Gasteiger partial charge in [-0.15, -0.1) is 0 Å². The summed E-state index contributed by atoms with van der Waals surface area (Å²) in [5, 5.41) is 11.7. The van der Waals surface area contributed by atoms with E-state index in [1.165, 1.54) is 0 Å². The smallest absolute Gasteiger partial charge is 0.314 e. The molecule has 0 saturated carbocycles. The molecule has 1 atom stereocenters. The highest BCUT2D eigenvalue weighted by Gasteiger charge is 2.42. The van der Waals surface area contributed by atoms with Gasteiger partial charge in [0.15, 0.2) is 28.0 Å². The molecule has 0 aliphatic rings. The van der Waals surface area contributed by atoms with E-state index < -0.39 is 30.8 Å². The third kappa shape index (κ3) is 7.93. The molecule has 7 heteroatoms. The normalized spacial score (nSPS) is 14.8. The van der Waals surface area contributed by atoms with Crippen molar-refractivity contribution in [3.63, 3.8) is 0 Å². The molecule has 170 valence electrons. The lowest BCUT2D eigenvalue weighted by atomic mass is 9.82. The van der Waals surface area contributed by atoms with E-state index in [-0.39, 0.29) is 5.78 Å². The van der Waals surface area contributed by atoms with Crippen molar-refractivity contribution in [1.82, 2.24) is 0 Å². The first-order valence-corrected chi connectivity index (χ1v) is 20.4. The molecule has 2 aromatic carbocycles. The van der Waals surface area contributed by atoms with Crippen LogP contribution in [0.1, 0.15) is 28.8 Å². The summed E-state index contributed by atoms with van der Waals surface area (Å²) in [6.07, 6.45) is 0.985. The second-order valence-corrected chi connectivity index (χ2v) is 23.2. The van der Waals surface area contributed by atoms with Crippen LogP contribution in [0.5, 0.6) is 0 Å². The highest BCUT2D eigenvalue weighted by Crippen LogP contribution is 2.34. The maximum Gasteiger partial charge on any atom is 0.314 e. The van der Waals surface area contributed by atoms with Crippen LogP contribution < -0.4 is 0 Å². The molecule has 0 aromatic heterocycles. The van der Waals surface area contributed by atoms with Gasteiger partial charge in [-0.25, -0.2) is 0 Å². The minimum Gasteiger partial charge on any atom is -0.437 e. The van der Waals surface area contributed by atoms with Crippen molar-refractivity contribution in [3.05, 3.63) is 71.8 Å². The van der Waals surface area contributed by atoms with Gasteiger partial charge in [0.2, 0.25) is 0 Å². The van der Waals surface area contributed by atoms with Crippen LogP contribution in [0.3, 0.4) is 0 Å². The lowest BCUT2D eigenvalue weighted by Gasteiger charge is -2.39. The molecular weight excluding hydrogens is 437 g/mol. The zero-order valence-electron chi connectivity index (χ0n) is 20.1. The van der Waals surface area contributed by atoms with Crippen molar-refractivity contribution < 1.29 is 18.1 Å². The third-order valence-corrected chi connectivity index (χ3v) is 14.5. The first-order chi connectivity index (χ1) is 14.2. The predicted octanol–water partition coefficient (Wildman–Crippen LogP) is 6.31. The van der Waals surface area contributed by atoms with Gasteiger partial charge in [0.05, 0.1) is 0 Å². The number of ketones is 1. The Morgan fingerprint density at radius 1 is 0.806 bits per heavy atom. The van der Waals surface area contributed by atoms with Gasteiger partial charge < -0.3 is 13.3 Å². The summed E-state index contributed by atoms with van der Waals surface area (Å²) < 4.78 is 13.2. The van der Waals surface area contributed by atoms with Crippen LogP contribution in [0, 0.1) is 0 Å². The lowest BCUT2D eigenvalue weighted by molar-refractivity contribution is 0.0244. The molecule has 0 saturated heterocycles. The van der Waals surface area contributed by atoms with E-state index in [4.69, 9.17) is 8.23 Å². The molecule has 0 fully saturated rings. The summed E-state index contributed by atoms with van der Waals surface area (Å²) in [5.41, 5.74) is -0.425. The van der Waals surface area contributed by atoms with Crippen LogP contribution in [0.2, 0.25) is 51.9 Å². The molecule has 0 aliphatic heterocycles. The number of hydrogen-bond donors (Lipinski definition) is 1. The topological polar surface area (TPSA) is 55.8 Å². The van der Waals surface area contributed by atoms with Gasteiger partial charge in [0.1, 0.15) is 0 Å². The molecule has 0 amide bonds. The molecule has 2 aromatic rings. The number of rotatable bonds is 11. The molecule has 4 nitrogen and oxygen atoms in total. The van der Waals surface area contributed by atoms with E-state index in [9.17, 15) is 9.90 Å². The molecule has 1 N–H and O–H groups in total. The summed E-state index contributed by atoms with van der Waals surface area (Å²) in [6, 6.07) is 19.1. The Balaban J connectivity index is 2.27. The molecule has 0 radical (unpaired) electrons. The Morgan fingerprint density at radius 3 is 1.71 bits per heavy atom. The van der Waals surface area contributed by atoms with Gasteiger partial charge in [-0.1, -0.05) is 60.7 Å². The van der Waals surface area contributed by atoms with Gasteiger partial charge in [-0.3, -0.25) is 4.79 Å². The third-order valence-electron chi connectivity index (χ3n) is 4.88. The van der Waals surface area contributed by atoms with Gasteiger partial charge in [0, 0.05) is 5.56 Å². The Bertz CT molecular complexity index is 829. The van der Waals surface area contributed by atoms with E-state index >= 15 is 0 Å². The Morgan fingerprint density at radius 2 is 1.26 bits per heavy atom. The number of carbonyl (C=O) groups excluding carboxylic acids is 1. The van der Waals surface area contributed by atoms with E-state index in [2.05, 4.69) is 45.8 Å². The highest BCUT2D eigenvalue weighted by atomic mass is 28.5. The second kappa shape index (κ2) is 10.1. The molecule has 0 spiro atoms.